The number of nitrogens with one attached hydrogen (secondary N) is 1. The van der Waals surface area contributed by atoms with Gasteiger partial charge in [0.25, 0.3) is 0 Å². The maximum atomic E-state index is 12.1. The van der Waals surface area contributed by atoms with Crippen molar-refractivity contribution in [3.05, 3.63) is 29.3 Å². The molecule has 0 radical (unpaired) electrons. The Morgan fingerprint density at radius 1 is 1.40 bits per heavy atom. The van der Waals surface area contributed by atoms with Gasteiger partial charge in [0, 0.05) is 11.6 Å². The first-order chi connectivity index (χ1) is 9.31. The molecule has 0 aliphatic rings. The van der Waals surface area contributed by atoms with Gasteiger partial charge in [-0.25, -0.2) is 8.42 Å². The number of sulfonamides is 1. The van der Waals surface area contributed by atoms with Gasteiger partial charge in [-0.15, -0.1) is 0 Å². The van der Waals surface area contributed by atoms with Gasteiger partial charge < -0.3 is 5.32 Å². The molecule has 112 valence electrons. The average Bonchev–Trinajstić information content (AvgIpc) is 2.34. The number of carbonyl (C=O) groups excluding carboxylic acids is 1. The molecule has 0 spiro atoms. The third-order valence-corrected chi connectivity index (χ3v) is 4.16. The number of amides is 1. The molecule has 0 saturated heterocycles. The number of anilines is 1. The molecule has 1 aromatic rings. The first-order valence-corrected chi connectivity index (χ1v) is 8.56. The molecule has 0 aliphatic heterocycles. The third-order valence-electron chi connectivity index (χ3n) is 2.74. The molecule has 0 bridgehead atoms. The number of benzene rings is 1. The highest BCUT2D eigenvalue weighted by molar-refractivity contribution is 7.92. The zero-order chi connectivity index (χ0) is 15.3. The number of carbonyl (C=O) groups is 1. The van der Waals surface area contributed by atoms with Gasteiger partial charge in [-0.1, -0.05) is 24.6 Å². The van der Waals surface area contributed by atoms with Crippen molar-refractivity contribution in [3.63, 3.8) is 0 Å². The molecule has 5 nitrogen and oxygen atoms in total. The lowest BCUT2D eigenvalue weighted by Gasteiger charge is -2.30. The SMILES string of the molecule is CCNC(=O)[C@@H](CC)N(c1cccc(Cl)c1)S(C)(=O)=O. The van der Waals surface area contributed by atoms with Crippen LogP contribution in [-0.4, -0.2) is 33.2 Å². The van der Waals surface area contributed by atoms with Crippen LogP contribution in [0, 0.1) is 0 Å². The normalized spacial score (nSPS) is 12.8. The average molecular weight is 319 g/mol. The van der Waals surface area contributed by atoms with Gasteiger partial charge in [0.15, 0.2) is 0 Å². The number of hydrogen-bond donors (Lipinski definition) is 1. The summed E-state index contributed by atoms with van der Waals surface area (Å²) < 4.78 is 25.2. The van der Waals surface area contributed by atoms with Crippen LogP contribution < -0.4 is 9.62 Å². The van der Waals surface area contributed by atoms with Crippen molar-refractivity contribution in [2.75, 3.05) is 17.1 Å². The molecule has 1 N–H and O–H groups in total. The van der Waals surface area contributed by atoms with Crippen molar-refractivity contribution in [2.45, 2.75) is 26.3 Å². The summed E-state index contributed by atoms with van der Waals surface area (Å²) in [6.07, 6.45) is 1.45. The van der Waals surface area contributed by atoms with Gasteiger partial charge >= 0.3 is 0 Å². The summed E-state index contributed by atoms with van der Waals surface area (Å²) in [5.74, 6) is -0.319. The first kappa shape index (κ1) is 16.8. The Bertz CT molecular complexity index is 575. The van der Waals surface area contributed by atoms with Gasteiger partial charge in [-0.3, -0.25) is 9.10 Å². The van der Waals surface area contributed by atoms with E-state index in [-0.39, 0.29) is 5.91 Å². The smallest absolute Gasteiger partial charge is 0.243 e. The summed E-state index contributed by atoms with van der Waals surface area (Å²) in [5, 5.41) is 3.07. The van der Waals surface area contributed by atoms with Crippen molar-refractivity contribution in [1.29, 1.82) is 0 Å². The highest BCUT2D eigenvalue weighted by Gasteiger charge is 2.31. The van der Waals surface area contributed by atoms with Crippen LogP contribution in [0.15, 0.2) is 24.3 Å². The minimum atomic E-state index is -3.60. The molecule has 1 atom stereocenters. The quantitative estimate of drug-likeness (QED) is 0.872. The zero-order valence-corrected chi connectivity index (χ0v) is 13.3. The van der Waals surface area contributed by atoms with Crippen LogP contribution >= 0.6 is 11.6 Å². The summed E-state index contributed by atoms with van der Waals surface area (Å²) in [5.41, 5.74) is 0.387. The van der Waals surface area contributed by atoms with E-state index in [2.05, 4.69) is 5.32 Å². The first-order valence-electron chi connectivity index (χ1n) is 6.34. The minimum Gasteiger partial charge on any atom is -0.355 e. The number of halogens is 1. The fourth-order valence-electron chi connectivity index (χ4n) is 1.97. The number of rotatable bonds is 6. The molecule has 0 saturated carbocycles. The Labute approximate surface area is 125 Å². The monoisotopic (exact) mass is 318 g/mol. The van der Waals surface area contributed by atoms with Gasteiger partial charge in [0.05, 0.1) is 11.9 Å². The van der Waals surface area contributed by atoms with E-state index in [0.717, 1.165) is 10.6 Å². The maximum absolute atomic E-state index is 12.1. The predicted octanol–water partition coefficient (Wildman–Crippen LogP) is 2.02. The van der Waals surface area contributed by atoms with Crippen LogP contribution in [0.25, 0.3) is 0 Å². The summed E-state index contributed by atoms with van der Waals surface area (Å²) in [7, 11) is -3.60. The van der Waals surface area contributed by atoms with Crippen molar-refractivity contribution in [2.24, 2.45) is 0 Å². The maximum Gasteiger partial charge on any atom is 0.243 e. The molecule has 1 aromatic carbocycles. The van der Waals surface area contributed by atoms with Gasteiger partial charge in [0.1, 0.15) is 6.04 Å². The summed E-state index contributed by atoms with van der Waals surface area (Å²) in [4.78, 5) is 12.1. The minimum absolute atomic E-state index is 0.319. The van der Waals surface area contributed by atoms with Crippen LogP contribution in [0.5, 0.6) is 0 Å². The van der Waals surface area contributed by atoms with E-state index in [9.17, 15) is 13.2 Å². The van der Waals surface area contributed by atoms with Crippen LogP contribution in [0.2, 0.25) is 5.02 Å². The molecule has 1 amide bonds. The molecule has 0 fully saturated rings. The molecule has 20 heavy (non-hydrogen) atoms. The lowest BCUT2D eigenvalue weighted by atomic mass is 10.2. The Hall–Kier alpha value is -1.27. The van der Waals surface area contributed by atoms with E-state index >= 15 is 0 Å². The highest BCUT2D eigenvalue weighted by Crippen LogP contribution is 2.25. The molecule has 0 aliphatic carbocycles. The molecule has 0 heterocycles. The zero-order valence-electron chi connectivity index (χ0n) is 11.8. The van der Waals surface area contributed by atoms with Crippen LogP contribution in [0.1, 0.15) is 20.3 Å². The van der Waals surface area contributed by atoms with E-state index < -0.39 is 16.1 Å². The van der Waals surface area contributed by atoms with Crippen LogP contribution in [0.3, 0.4) is 0 Å². The summed E-state index contributed by atoms with van der Waals surface area (Å²) in [6, 6.07) is 5.67. The molecule has 0 aromatic heterocycles. The summed E-state index contributed by atoms with van der Waals surface area (Å²) >= 11 is 5.91. The fourth-order valence-corrected chi connectivity index (χ4v) is 3.35. The van der Waals surface area contributed by atoms with Crippen molar-refractivity contribution >= 4 is 33.2 Å². The lowest BCUT2D eigenvalue weighted by molar-refractivity contribution is -0.122. The molecule has 0 unspecified atom stereocenters. The molecule has 1 rings (SSSR count). The lowest BCUT2D eigenvalue weighted by Crippen LogP contribution is -2.49. The van der Waals surface area contributed by atoms with E-state index in [1.165, 1.54) is 6.07 Å². The summed E-state index contributed by atoms with van der Waals surface area (Å²) in [6.45, 7) is 4.00. The largest absolute Gasteiger partial charge is 0.355 e. The Morgan fingerprint density at radius 3 is 2.50 bits per heavy atom. The Balaban J connectivity index is 3.29. The van der Waals surface area contributed by atoms with Crippen LogP contribution in [0.4, 0.5) is 5.69 Å². The second-order valence-corrected chi connectivity index (χ2v) is 6.65. The van der Waals surface area contributed by atoms with Crippen molar-refractivity contribution in [3.8, 4) is 0 Å². The van der Waals surface area contributed by atoms with E-state index in [1.807, 2.05) is 0 Å². The van der Waals surface area contributed by atoms with Crippen molar-refractivity contribution < 1.29 is 13.2 Å². The topological polar surface area (TPSA) is 66.5 Å². The van der Waals surface area contributed by atoms with Gasteiger partial charge in [-0.05, 0) is 31.5 Å². The van der Waals surface area contributed by atoms with E-state index in [0.29, 0.717) is 23.7 Å². The Morgan fingerprint density at radius 2 is 2.05 bits per heavy atom. The molecular formula is C13H19ClN2O3S. The molecular weight excluding hydrogens is 300 g/mol. The standard InChI is InChI=1S/C13H19ClN2O3S/c1-4-12(13(17)15-5-2)16(20(3,18)19)11-8-6-7-10(14)9-11/h6-9,12H,4-5H2,1-3H3,(H,15,17)/t12-/m1/s1. The number of hydrogen-bond acceptors (Lipinski definition) is 3. The Kier molecular flexibility index (Phi) is 5.83. The van der Waals surface area contributed by atoms with E-state index in [1.54, 1.807) is 32.0 Å². The third kappa shape index (κ3) is 4.11. The highest BCUT2D eigenvalue weighted by atomic mass is 35.5. The predicted molar refractivity (Wildman–Crippen MR) is 81.5 cm³/mol. The van der Waals surface area contributed by atoms with Crippen molar-refractivity contribution in [1.82, 2.24) is 5.32 Å². The molecule has 7 heteroatoms. The van der Waals surface area contributed by atoms with E-state index in [4.69, 9.17) is 11.6 Å². The number of likely N-dealkylation sites (N-methyl/N-ethyl adjacent to an activating group) is 1. The van der Waals surface area contributed by atoms with Crippen LogP contribution in [-0.2, 0) is 14.8 Å². The van der Waals surface area contributed by atoms with Gasteiger partial charge in [0.2, 0.25) is 15.9 Å². The second-order valence-electron chi connectivity index (χ2n) is 4.36. The van der Waals surface area contributed by atoms with Gasteiger partial charge in [-0.2, -0.15) is 0 Å². The fraction of sp³-hybridized carbons (Fsp3) is 0.462. The number of nitrogens with zero attached hydrogens (tertiary/aromatic N) is 1. The second kappa shape index (κ2) is 6.95.